The molecule has 0 saturated heterocycles. The van der Waals surface area contributed by atoms with E-state index in [0.717, 1.165) is 17.0 Å². The Bertz CT molecular complexity index is 536. The molecule has 0 aliphatic rings. The maximum absolute atomic E-state index is 5.56. The molecule has 0 aliphatic carbocycles. The maximum Gasteiger partial charge on any atom is 0.107 e. The molecule has 2 heteroatoms. The topological polar surface area (TPSA) is 12.0 Å². The predicted octanol–water partition coefficient (Wildman–Crippen LogP) is 5.27. The lowest BCUT2D eigenvalue weighted by Gasteiger charge is -2.21. The van der Waals surface area contributed by atoms with Crippen molar-refractivity contribution in [3.63, 3.8) is 0 Å². The molecule has 0 bridgehead atoms. The molecule has 1 atom stereocenters. The van der Waals surface area contributed by atoms with Crippen molar-refractivity contribution in [2.24, 2.45) is 0 Å². The highest BCUT2D eigenvalue weighted by Gasteiger charge is 2.12. The fraction of sp³-hybridized carbons (Fsp3) is 0.316. The van der Waals surface area contributed by atoms with E-state index >= 15 is 0 Å². The van der Waals surface area contributed by atoms with E-state index in [1.54, 1.807) is 0 Å². The van der Waals surface area contributed by atoms with Crippen LogP contribution in [0, 0.1) is 0 Å². The average Bonchev–Trinajstić information content (AvgIpc) is 2.55. The maximum atomic E-state index is 5.56. The zero-order chi connectivity index (χ0) is 14.9. The lowest BCUT2D eigenvalue weighted by molar-refractivity contribution is 0.544. The fourth-order valence-corrected chi connectivity index (χ4v) is 2.72. The van der Waals surface area contributed by atoms with E-state index in [0.29, 0.717) is 6.04 Å². The third kappa shape index (κ3) is 4.98. The van der Waals surface area contributed by atoms with Gasteiger partial charge < -0.3 is 5.32 Å². The number of nitrogens with one attached hydrogen (secondary N) is 1. The monoisotopic (exact) mass is 297 g/mol. The number of unbranched alkanes of at least 4 members (excludes halogenated alkanes) is 2. The smallest absolute Gasteiger partial charge is 0.107 e. The molecule has 0 aromatic heterocycles. The van der Waals surface area contributed by atoms with Crippen molar-refractivity contribution in [2.45, 2.75) is 38.6 Å². The highest BCUT2D eigenvalue weighted by Crippen LogP contribution is 2.20. The number of hydrogen-bond acceptors (Lipinski definition) is 1. The summed E-state index contributed by atoms with van der Waals surface area (Å²) >= 11 is 5.56. The summed E-state index contributed by atoms with van der Waals surface area (Å²) in [7, 11) is 0. The summed E-state index contributed by atoms with van der Waals surface area (Å²) in [5, 5.41) is 3.54. The molecular formula is C19H23NS. The van der Waals surface area contributed by atoms with Crippen LogP contribution in [-0.4, -0.2) is 4.99 Å². The molecule has 21 heavy (non-hydrogen) atoms. The molecule has 0 fully saturated rings. The molecule has 0 radical (unpaired) electrons. The highest BCUT2D eigenvalue weighted by atomic mass is 32.1. The molecule has 2 rings (SSSR count). The summed E-state index contributed by atoms with van der Waals surface area (Å²) in [5.41, 5.74) is 2.40. The summed E-state index contributed by atoms with van der Waals surface area (Å²) in [4.78, 5) is 0.834. The Morgan fingerprint density at radius 3 is 2.19 bits per heavy atom. The van der Waals surface area contributed by atoms with Gasteiger partial charge in [-0.05, 0) is 12.0 Å². The minimum Gasteiger partial charge on any atom is -0.369 e. The van der Waals surface area contributed by atoms with Gasteiger partial charge >= 0.3 is 0 Å². The second-order valence-electron chi connectivity index (χ2n) is 5.30. The van der Waals surface area contributed by atoms with Gasteiger partial charge in [0.1, 0.15) is 4.99 Å². The van der Waals surface area contributed by atoms with E-state index in [1.165, 1.54) is 24.8 Å². The fourth-order valence-electron chi connectivity index (χ4n) is 2.44. The molecule has 2 aromatic rings. The van der Waals surface area contributed by atoms with Crippen LogP contribution in [0.3, 0.4) is 0 Å². The third-order valence-corrected chi connectivity index (χ3v) is 3.99. The van der Waals surface area contributed by atoms with Crippen molar-refractivity contribution in [1.82, 2.24) is 5.32 Å². The van der Waals surface area contributed by atoms with Crippen LogP contribution in [0.1, 0.15) is 49.8 Å². The zero-order valence-corrected chi connectivity index (χ0v) is 13.4. The van der Waals surface area contributed by atoms with Crippen LogP contribution in [0.5, 0.6) is 0 Å². The first-order chi connectivity index (χ1) is 10.3. The van der Waals surface area contributed by atoms with Crippen molar-refractivity contribution < 1.29 is 0 Å². The number of thiocarbonyl (C=S) groups is 1. The second kappa shape index (κ2) is 8.58. The van der Waals surface area contributed by atoms with Gasteiger partial charge in [-0.3, -0.25) is 0 Å². The van der Waals surface area contributed by atoms with Crippen LogP contribution in [-0.2, 0) is 0 Å². The first-order valence-corrected chi connectivity index (χ1v) is 8.13. The number of hydrogen-bond donors (Lipinski definition) is 1. The van der Waals surface area contributed by atoms with Crippen LogP contribution in [0.2, 0.25) is 0 Å². The SMILES string of the molecule is CCCCCC(NC(=S)c1ccccc1)c1ccccc1. The summed E-state index contributed by atoms with van der Waals surface area (Å²) < 4.78 is 0. The Labute approximate surface area is 133 Å². The van der Waals surface area contributed by atoms with E-state index in [4.69, 9.17) is 12.2 Å². The van der Waals surface area contributed by atoms with Gasteiger partial charge in [0.2, 0.25) is 0 Å². The van der Waals surface area contributed by atoms with E-state index in [2.05, 4.69) is 54.7 Å². The highest BCUT2D eigenvalue weighted by molar-refractivity contribution is 7.80. The van der Waals surface area contributed by atoms with Crippen molar-refractivity contribution >= 4 is 17.2 Å². The van der Waals surface area contributed by atoms with Crippen LogP contribution in [0.25, 0.3) is 0 Å². The Morgan fingerprint density at radius 1 is 0.952 bits per heavy atom. The molecule has 1 unspecified atom stereocenters. The van der Waals surface area contributed by atoms with Crippen molar-refractivity contribution in [1.29, 1.82) is 0 Å². The molecule has 0 aliphatic heterocycles. The molecule has 0 saturated carbocycles. The zero-order valence-electron chi connectivity index (χ0n) is 12.6. The van der Waals surface area contributed by atoms with Crippen LogP contribution < -0.4 is 5.32 Å². The van der Waals surface area contributed by atoms with E-state index in [-0.39, 0.29) is 0 Å². The summed E-state index contributed by atoms with van der Waals surface area (Å²) in [6.07, 6.45) is 4.85. The van der Waals surface area contributed by atoms with Gasteiger partial charge in [0.05, 0.1) is 6.04 Å². The quantitative estimate of drug-likeness (QED) is 0.551. The van der Waals surface area contributed by atoms with E-state index in [1.807, 2.05) is 18.2 Å². The number of rotatable bonds is 7. The van der Waals surface area contributed by atoms with Crippen LogP contribution in [0.15, 0.2) is 60.7 Å². The molecule has 1 nitrogen and oxygen atoms in total. The molecule has 0 spiro atoms. The molecule has 2 aromatic carbocycles. The Morgan fingerprint density at radius 2 is 1.57 bits per heavy atom. The van der Waals surface area contributed by atoms with Crippen molar-refractivity contribution in [3.8, 4) is 0 Å². The van der Waals surface area contributed by atoms with Crippen molar-refractivity contribution in [3.05, 3.63) is 71.8 Å². The van der Waals surface area contributed by atoms with Crippen LogP contribution in [0.4, 0.5) is 0 Å². The van der Waals surface area contributed by atoms with E-state index < -0.39 is 0 Å². The third-order valence-electron chi connectivity index (χ3n) is 3.64. The predicted molar refractivity (Wildman–Crippen MR) is 94.6 cm³/mol. The summed E-state index contributed by atoms with van der Waals surface area (Å²) in [6.45, 7) is 2.24. The van der Waals surface area contributed by atoms with Gasteiger partial charge in [0.15, 0.2) is 0 Å². The first-order valence-electron chi connectivity index (χ1n) is 7.72. The minimum atomic E-state index is 0.297. The van der Waals surface area contributed by atoms with Gasteiger partial charge in [-0.15, -0.1) is 0 Å². The molecular weight excluding hydrogens is 274 g/mol. The minimum absolute atomic E-state index is 0.297. The van der Waals surface area contributed by atoms with Gasteiger partial charge in [-0.25, -0.2) is 0 Å². The van der Waals surface area contributed by atoms with Gasteiger partial charge in [-0.2, -0.15) is 0 Å². The lowest BCUT2D eigenvalue weighted by atomic mass is 10.00. The summed E-state index contributed by atoms with van der Waals surface area (Å²) in [6, 6.07) is 21.1. The number of benzene rings is 2. The van der Waals surface area contributed by atoms with Crippen LogP contribution >= 0.6 is 12.2 Å². The summed E-state index contributed by atoms with van der Waals surface area (Å²) in [5.74, 6) is 0. The molecule has 1 N–H and O–H groups in total. The van der Waals surface area contributed by atoms with Gasteiger partial charge in [0.25, 0.3) is 0 Å². The standard InChI is InChI=1S/C19H23NS/c1-2-3-6-15-18(16-11-7-4-8-12-16)20-19(21)17-13-9-5-10-14-17/h4-5,7-14,18H,2-3,6,15H2,1H3,(H,20,21). The second-order valence-corrected chi connectivity index (χ2v) is 5.71. The van der Waals surface area contributed by atoms with Gasteiger partial charge in [-0.1, -0.05) is 99.1 Å². The lowest BCUT2D eigenvalue weighted by Crippen LogP contribution is -2.27. The van der Waals surface area contributed by atoms with Gasteiger partial charge in [0, 0.05) is 5.56 Å². The average molecular weight is 297 g/mol. The molecule has 0 amide bonds. The Balaban J connectivity index is 2.07. The van der Waals surface area contributed by atoms with E-state index in [9.17, 15) is 0 Å². The normalized spacial score (nSPS) is 11.9. The van der Waals surface area contributed by atoms with Crippen molar-refractivity contribution in [2.75, 3.05) is 0 Å². The first kappa shape index (κ1) is 15.7. The Kier molecular flexibility index (Phi) is 6.42. The largest absolute Gasteiger partial charge is 0.369 e. The molecule has 0 heterocycles. The molecule has 110 valence electrons. The Hall–Kier alpha value is -1.67.